The Labute approximate surface area is 105 Å². The molecular formula is C12H17N3O3. The van der Waals surface area contributed by atoms with Crippen LogP contribution in [0.5, 0.6) is 0 Å². The highest BCUT2D eigenvalue weighted by Crippen LogP contribution is 2.42. The lowest BCUT2D eigenvalue weighted by atomic mass is 9.94. The van der Waals surface area contributed by atoms with Crippen LogP contribution in [-0.4, -0.2) is 38.8 Å². The molecular weight excluding hydrogens is 234 g/mol. The summed E-state index contributed by atoms with van der Waals surface area (Å²) in [6.07, 6.45) is 3.33. The number of hydrogen-bond acceptors (Lipinski definition) is 5. The molecule has 18 heavy (non-hydrogen) atoms. The Morgan fingerprint density at radius 3 is 3.00 bits per heavy atom. The number of aliphatic carboxylic acids is 1. The van der Waals surface area contributed by atoms with E-state index in [1.807, 2.05) is 4.90 Å². The summed E-state index contributed by atoms with van der Waals surface area (Å²) in [6.45, 7) is 3.03. The van der Waals surface area contributed by atoms with Crippen LogP contribution < -0.4 is 0 Å². The molecule has 0 bridgehead atoms. The van der Waals surface area contributed by atoms with Gasteiger partial charge in [-0.15, -0.1) is 10.2 Å². The second kappa shape index (κ2) is 4.35. The summed E-state index contributed by atoms with van der Waals surface area (Å²) in [5, 5.41) is 17.1. The van der Waals surface area contributed by atoms with Gasteiger partial charge in [-0.05, 0) is 24.7 Å². The average Bonchev–Trinajstić information content (AvgIpc) is 2.93. The Balaban J connectivity index is 1.77. The van der Waals surface area contributed by atoms with Crippen LogP contribution in [0.4, 0.5) is 0 Å². The molecule has 1 aromatic heterocycles. The van der Waals surface area contributed by atoms with Gasteiger partial charge >= 0.3 is 5.97 Å². The molecule has 0 amide bonds. The minimum atomic E-state index is -0.722. The summed E-state index contributed by atoms with van der Waals surface area (Å²) in [6, 6.07) is -0.385. The molecule has 3 atom stereocenters. The fraction of sp³-hybridized carbons (Fsp3) is 0.750. The summed E-state index contributed by atoms with van der Waals surface area (Å²) in [5.41, 5.74) is 0. The van der Waals surface area contributed by atoms with Crippen LogP contribution in [0.25, 0.3) is 0 Å². The highest BCUT2D eigenvalue weighted by atomic mass is 16.4. The number of nitrogens with zero attached hydrogens (tertiary/aromatic N) is 3. The SMILES string of the molecule is Cc1nnc(CN2CC3CCCC3C2C(=O)O)o1. The summed E-state index contributed by atoms with van der Waals surface area (Å²) in [5.74, 6) is 1.14. The molecule has 1 aromatic rings. The first-order chi connectivity index (χ1) is 8.65. The highest BCUT2D eigenvalue weighted by Gasteiger charge is 2.47. The van der Waals surface area contributed by atoms with Gasteiger partial charge in [0.1, 0.15) is 6.04 Å². The van der Waals surface area contributed by atoms with Gasteiger partial charge in [0, 0.05) is 13.5 Å². The smallest absolute Gasteiger partial charge is 0.321 e. The molecule has 1 saturated carbocycles. The Morgan fingerprint density at radius 2 is 2.33 bits per heavy atom. The molecule has 1 aliphatic carbocycles. The van der Waals surface area contributed by atoms with Gasteiger partial charge in [0.05, 0.1) is 6.54 Å². The number of likely N-dealkylation sites (tertiary alicyclic amines) is 1. The molecule has 2 aliphatic rings. The van der Waals surface area contributed by atoms with Crippen LogP contribution >= 0.6 is 0 Å². The summed E-state index contributed by atoms with van der Waals surface area (Å²) < 4.78 is 5.34. The molecule has 1 saturated heterocycles. The van der Waals surface area contributed by atoms with E-state index in [-0.39, 0.29) is 6.04 Å². The van der Waals surface area contributed by atoms with Crippen LogP contribution in [-0.2, 0) is 11.3 Å². The standard InChI is InChI=1S/C12H17N3O3/c1-7-13-14-10(18-7)6-15-5-8-3-2-4-9(8)11(15)12(16)17/h8-9,11H,2-6H2,1H3,(H,16,17). The van der Waals surface area contributed by atoms with Gasteiger partial charge in [0.15, 0.2) is 0 Å². The van der Waals surface area contributed by atoms with Gasteiger partial charge < -0.3 is 9.52 Å². The van der Waals surface area contributed by atoms with E-state index in [9.17, 15) is 9.90 Å². The lowest BCUT2D eigenvalue weighted by molar-refractivity contribution is -0.143. The fourth-order valence-corrected chi connectivity index (χ4v) is 3.47. The highest BCUT2D eigenvalue weighted by molar-refractivity contribution is 5.74. The lowest BCUT2D eigenvalue weighted by Crippen LogP contribution is -2.39. The van der Waals surface area contributed by atoms with E-state index in [1.54, 1.807) is 6.92 Å². The van der Waals surface area contributed by atoms with Gasteiger partial charge in [-0.3, -0.25) is 9.69 Å². The van der Waals surface area contributed by atoms with E-state index < -0.39 is 5.97 Å². The number of fused-ring (bicyclic) bond motifs is 1. The third-order valence-electron chi connectivity index (χ3n) is 4.15. The predicted molar refractivity (Wildman–Crippen MR) is 61.7 cm³/mol. The molecule has 3 rings (SSSR count). The van der Waals surface area contributed by atoms with Crippen molar-refractivity contribution in [2.24, 2.45) is 11.8 Å². The van der Waals surface area contributed by atoms with Crippen molar-refractivity contribution in [3.8, 4) is 0 Å². The minimum Gasteiger partial charge on any atom is -0.480 e. The molecule has 2 heterocycles. The van der Waals surface area contributed by atoms with E-state index in [1.165, 1.54) is 0 Å². The molecule has 0 radical (unpaired) electrons. The summed E-state index contributed by atoms with van der Waals surface area (Å²) in [4.78, 5) is 13.4. The summed E-state index contributed by atoms with van der Waals surface area (Å²) >= 11 is 0. The Hall–Kier alpha value is -1.43. The zero-order chi connectivity index (χ0) is 12.7. The van der Waals surface area contributed by atoms with Crippen LogP contribution in [0.15, 0.2) is 4.42 Å². The molecule has 0 spiro atoms. The number of aromatic nitrogens is 2. The number of carboxylic acid groups (broad SMARTS) is 1. The van der Waals surface area contributed by atoms with E-state index in [2.05, 4.69) is 10.2 Å². The predicted octanol–water partition coefficient (Wildman–Crippen LogP) is 1.06. The zero-order valence-electron chi connectivity index (χ0n) is 10.4. The van der Waals surface area contributed by atoms with Gasteiger partial charge in [0.25, 0.3) is 0 Å². The van der Waals surface area contributed by atoms with Crippen LogP contribution in [0.3, 0.4) is 0 Å². The largest absolute Gasteiger partial charge is 0.480 e. The van der Waals surface area contributed by atoms with Crippen molar-refractivity contribution >= 4 is 5.97 Å². The molecule has 2 fully saturated rings. The molecule has 0 aromatic carbocycles. The number of hydrogen-bond donors (Lipinski definition) is 1. The molecule has 98 valence electrons. The van der Waals surface area contributed by atoms with Crippen molar-refractivity contribution in [3.05, 3.63) is 11.8 Å². The number of carboxylic acids is 1. The van der Waals surface area contributed by atoms with Crippen LogP contribution in [0.1, 0.15) is 31.0 Å². The third-order valence-corrected chi connectivity index (χ3v) is 4.15. The van der Waals surface area contributed by atoms with E-state index >= 15 is 0 Å². The zero-order valence-corrected chi connectivity index (χ0v) is 10.4. The van der Waals surface area contributed by atoms with Crippen molar-refractivity contribution in [1.29, 1.82) is 0 Å². The fourth-order valence-electron chi connectivity index (χ4n) is 3.47. The lowest BCUT2D eigenvalue weighted by Gasteiger charge is -2.22. The molecule has 1 N–H and O–H groups in total. The summed E-state index contributed by atoms with van der Waals surface area (Å²) in [7, 11) is 0. The van der Waals surface area contributed by atoms with E-state index in [0.717, 1.165) is 25.8 Å². The topological polar surface area (TPSA) is 79.5 Å². The molecule has 3 unspecified atom stereocenters. The second-order valence-electron chi connectivity index (χ2n) is 5.28. The van der Waals surface area contributed by atoms with E-state index in [0.29, 0.717) is 30.2 Å². The maximum absolute atomic E-state index is 11.4. The Bertz CT molecular complexity index is 459. The molecule has 6 nitrogen and oxygen atoms in total. The normalized spacial score (nSPS) is 31.7. The van der Waals surface area contributed by atoms with Crippen molar-refractivity contribution in [3.63, 3.8) is 0 Å². The van der Waals surface area contributed by atoms with Gasteiger partial charge in [-0.25, -0.2) is 0 Å². The van der Waals surface area contributed by atoms with Crippen LogP contribution in [0, 0.1) is 18.8 Å². The van der Waals surface area contributed by atoms with E-state index in [4.69, 9.17) is 4.42 Å². The first kappa shape index (κ1) is 11.6. The number of rotatable bonds is 3. The minimum absolute atomic E-state index is 0.298. The quantitative estimate of drug-likeness (QED) is 0.865. The molecule has 1 aliphatic heterocycles. The maximum atomic E-state index is 11.4. The number of aryl methyl sites for hydroxylation is 1. The van der Waals surface area contributed by atoms with Crippen molar-refractivity contribution < 1.29 is 14.3 Å². The second-order valence-corrected chi connectivity index (χ2v) is 5.28. The van der Waals surface area contributed by atoms with Gasteiger partial charge in [-0.2, -0.15) is 0 Å². The first-order valence-electron chi connectivity index (χ1n) is 6.41. The average molecular weight is 251 g/mol. The Morgan fingerprint density at radius 1 is 1.50 bits per heavy atom. The number of carbonyl (C=O) groups is 1. The molecule has 6 heteroatoms. The van der Waals surface area contributed by atoms with Gasteiger partial charge in [-0.1, -0.05) is 6.42 Å². The van der Waals surface area contributed by atoms with Crippen molar-refractivity contribution in [2.45, 2.75) is 38.8 Å². The van der Waals surface area contributed by atoms with Crippen LogP contribution in [0.2, 0.25) is 0 Å². The maximum Gasteiger partial charge on any atom is 0.321 e. The third kappa shape index (κ3) is 1.90. The van der Waals surface area contributed by atoms with Crippen molar-refractivity contribution in [1.82, 2.24) is 15.1 Å². The first-order valence-corrected chi connectivity index (χ1v) is 6.41. The monoisotopic (exact) mass is 251 g/mol. The Kier molecular flexibility index (Phi) is 2.81. The van der Waals surface area contributed by atoms with Crippen molar-refractivity contribution in [2.75, 3.05) is 6.54 Å². The van der Waals surface area contributed by atoms with Gasteiger partial charge in [0.2, 0.25) is 11.8 Å².